The molecule has 9 heteroatoms. The predicted octanol–water partition coefficient (Wildman–Crippen LogP) is 1.35. The van der Waals surface area contributed by atoms with Crippen molar-refractivity contribution in [3.05, 3.63) is 69.7 Å². The Kier molecular flexibility index (Phi) is 3.85. The first-order valence-corrected chi connectivity index (χ1v) is 8.11. The second-order valence-corrected chi connectivity index (χ2v) is 5.98. The molecular weight excluding hydrogens is 366 g/mol. The minimum absolute atomic E-state index is 0.0345. The Morgan fingerprint density at radius 3 is 2.64 bits per heavy atom. The number of methoxy groups -OCH3 is 1. The molecule has 3 aromatic rings. The van der Waals surface area contributed by atoms with E-state index in [0.717, 1.165) is 10.6 Å². The number of fused-ring (bicyclic) bond motifs is 1. The molecule has 1 aromatic carbocycles. The number of carbonyl (C=O) groups excluding carboxylic acids is 3. The fraction of sp³-hybridized carbons (Fsp3) is 0.0526. The van der Waals surface area contributed by atoms with Crippen molar-refractivity contribution in [1.82, 2.24) is 9.88 Å². The van der Waals surface area contributed by atoms with Crippen LogP contribution in [0.15, 0.2) is 51.7 Å². The number of nitrogens with one attached hydrogen (secondary N) is 1. The van der Waals surface area contributed by atoms with Gasteiger partial charge in [0, 0.05) is 11.6 Å². The summed E-state index contributed by atoms with van der Waals surface area (Å²) in [5.41, 5.74) is 6.32. The number of pyridine rings is 1. The van der Waals surface area contributed by atoms with Gasteiger partial charge in [0.1, 0.15) is 11.6 Å². The molecule has 0 aliphatic carbocycles. The van der Waals surface area contributed by atoms with Crippen LogP contribution < -0.4 is 16.6 Å². The maximum absolute atomic E-state index is 12.5. The summed E-state index contributed by atoms with van der Waals surface area (Å²) in [5, 5.41) is 2.12. The molecule has 9 nitrogen and oxygen atoms in total. The summed E-state index contributed by atoms with van der Waals surface area (Å²) in [6.45, 7) is 0. The topological polar surface area (TPSA) is 134 Å². The minimum Gasteiger partial charge on any atom is -0.463 e. The fourth-order valence-electron chi connectivity index (χ4n) is 3.05. The highest BCUT2D eigenvalue weighted by Crippen LogP contribution is 2.27. The van der Waals surface area contributed by atoms with Gasteiger partial charge in [0.2, 0.25) is 5.76 Å². The number of anilines is 1. The fourth-order valence-corrected chi connectivity index (χ4v) is 3.05. The highest BCUT2D eigenvalue weighted by atomic mass is 16.5. The van der Waals surface area contributed by atoms with E-state index in [1.54, 1.807) is 30.3 Å². The van der Waals surface area contributed by atoms with Crippen molar-refractivity contribution in [2.24, 2.45) is 0 Å². The molecule has 0 spiro atoms. The number of furan rings is 1. The summed E-state index contributed by atoms with van der Waals surface area (Å²) < 4.78 is 11.2. The molecule has 2 aromatic heterocycles. The Morgan fingerprint density at radius 1 is 1.11 bits per heavy atom. The minimum atomic E-state index is -0.657. The summed E-state index contributed by atoms with van der Waals surface area (Å²) in [6, 6.07) is 10.7. The molecule has 1 aliphatic heterocycles. The van der Waals surface area contributed by atoms with Crippen LogP contribution in [0, 0.1) is 0 Å². The lowest BCUT2D eigenvalue weighted by Gasteiger charge is -2.12. The molecular formula is C19H13N3O6. The summed E-state index contributed by atoms with van der Waals surface area (Å²) in [7, 11) is 1.25. The first kappa shape index (κ1) is 17.3. The van der Waals surface area contributed by atoms with E-state index in [4.69, 9.17) is 10.2 Å². The van der Waals surface area contributed by atoms with Crippen LogP contribution in [-0.4, -0.2) is 29.5 Å². The third-order valence-electron chi connectivity index (χ3n) is 4.33. The molecule has 3 N–H and O–H groups in total. The van der Waals surface area contributed by atoms with E-state index in [2.05, 4.69) is 10.1 Å². The smallest absolute Gasteiger partial charge is 0.373 e. The van der Waals surface area contributed by atoms with Gasteiger partial charge in [0.05, 0.1) is 23.9 Å². The number of imide groups is 1. The van der Waals surface area contributed by atoms with Crippen molar-refractivity contribution in [3.8, 4) is 17.0 Å². The van der Waals surface area contributed by atoms with Crippen molar-refractivity contribution in [3.63, 3.8) is 0 Å². The molecule has 0 saturated carbocycles. The Hall–Kier alpha value is -4.14. The van der Waals surface area contributed by atoms with Gasteiger partial charge in [-0.3, -0.25) is 24.3 Å². The molecule has 28 heavy (non-hydrogen) atoms. The zero-order valence-electron chi connectivity index (χ0n) is 14.5. The predicted molar refractivity (Wildman–Crippen MR) is 97.3 cm³/mol. The highest BCUT2D eigenvalue weighted by molar-refractivity contribution is 6.23. The molecule has 140 valence electrons. The van der Waals surface area contributed by atoms with E-state index in [9.17, 15) is 19.2 Å². The SMILES string of the molecule is COC(=O)c1ccc(-c2cccc(-n3c(N)c4c(cc3=O)C(=O)NC4=O)c2)o1. The number of carbonyl (C=O) groups is 3. The lowest BCUT2D eigenvalue weighted by Crippen LogP contribution is -2.24. The molecule has 0 bridgehead atoms. The molecule has 0 saturated heterocycles. The van der Waals surface area contributed by atoms with Gasteiger partial charge < -0.3 is 14.9 Å². The Bertz CT molecular complexity index is 1220. The van der Waals surface area contributed by atoms with Crippen molar-refractivity contribution < 1.29 is 23.5 Å². The summed E-state index contributed by atoms with van der Waals surface area (Å²) >= 11 is 0. The van der Waals surface area contributed by atoms with Crippen molar-refractivity contribution >= 4 is 23.6 Å². The third-order valence-corrected chi connectivity index (χ3v) is 4.33. The standard InChI is InChI=1S/C19H13N3O6/c1-27-19(26)13-6-5-12(28-13)9-3-2-4-10(7-9)22-14(23)8-11-15(16(22)20)18(25)21-17(11)24/h2-8H,20H2,1H3,(H,21,24,25). The largest absolute Gasteiger partial charge is 0.463 e. The van der Waals surface area contributed by atoms with Gasteiger partial charge in [-0.25, -0.2) is 4.79 Å². The number of aromatic nitrogens is 1. The van der Waals surface area contributed by atoms with E-state index in [1.807, 2.05) is 0 Å². The average molecular weight is 379 g/mol. The van der Waals surface area contributed by atoms with E-state index in [0.29, 0.717) is 17.0 Å². The normalized spacial score (nSPS) is 12.6. The van der Waals surface area contributed by atoms with Crippen LogP contribution in [0.4, 0.5) is 5.82 Å². The quantitative estimate of drug-likeness (QED) is 0.518. The van der Waals surface area contributed by atoms with Gasteiger partial charge in [0.15, 0.2) is 0 Å². The number of nitrogens with two attached hydrogens (primary N) is 1. The molecule has 0 atom stereocenters. The second-order valence-electron chi connectivity index (χ2n) is 5.98. The molecule has 0 radical (unpaired) electrons. The van der Waals surface area contributed by atoms with Crippen LogP contribution in [-0.2, 0) is 4.74 Å². The number of hydrogen-bond acceptors (Lipinski definition) is 7. The number of nitrogens with zero attached hydrogens (tertiary/aromatic N) is 1. The Balaban J connectivity index is 1.83. The first-order chi connectivity index (χ1) is 13.4. The van der Waals surface area contributed by atoms with Crippen LogP contribution in [0.2, 0.25) is 0 Å². The number of hydrogen-bond donors (Lipinski definition) is 2. The lowest BCUT2D eigenvalue weighted by atomic mass is 10.1. The number of esters is 1. The summed E-state index contributed by atoms with van der Waals surface area (Å²) in [6.07, 6.45) is 0. The monoisotopic (exact) mass is 379 g/mol. The molecule has 1 aliphatic rings. The molecule has 0 unspecified atom stereocenters. The maximum atomic E-state index is 12.5. The third kappa shape index (κ3) is 2.57. The first-order valence-electron chi connectivity index (χ1n) is 8.11. The van der Waals surface area contributed by atoms with Gasteiger partial charge in [-0.05, 0) is 24.3 Å². The van der Waals surface area contributed by atoms with Crippen molar-refractivity contribution in [2.45, 2.75) is 0 Å². The van der Waals surface area contributed by atoms with Gasteiger partial charge in [-0.2, -0.15) is 0 Å². The molecule has 3 heterocycles. The van der Waals surface area contributed by atoms with Gasteiger partial charge in [-0.1, -0.05) is 12.1 Å². The highest BCUT2D eigenvalue weighted by Gasteiger charge is 2.31. The van der Waals surface area contributed by atoms with E-state index in [1.165, 1.54) is 13.2 Å². The summed E-state index contributed by atoms with van der Waals surface area (Å²) in [5.74, 6) is -1.66. The maximum Gasteiger partial charge on any atom is 0.373 e. The van der Waals surface area contributed by atoms with E-state index < -0.39 is 23.3 Å². The van der Waals surface area contributed by atoms with Gasteiger partial charge in [-0.15, -0.1) is 0 Å². The zero-order chi connectivity index (χ0) is 20.0. The summed E-state index contributed by atoms with van der Waals surface area (Å²) in [4.78, 5) is 47.9. The average Bonchev–Trinajstić information content (AvgIpc) is 3.27. The van der Waals surface area contributed by atoms with Crippen LogP contribution >= 0.6 is 0 Å². The number of rotatable bonds is 3. The zero-order valence-corrected chi connectivity index (χ0v) is 14.5. The van der Waals surface area contributed by atoms with Crippen molar-refractivity contribution in [1.29, 1.82) is 0 Å². The van der Waals surface area contributed by atoms with Crippen LogP contribution in [0.1, 0.15) is 31.3 Å². The number of amides is 2. The number of nitrogen functional groups attached to an aromatic ring is 1. The Morgan fingerprint density at radius 2 is 1.89 bits per heavy atom. The van der Waals surface area contributed by atoms with Gasteiger partial charge in [0.25, 0.3) is 17.4 Å². The number of ether oxygens (including phenoxy) is 1. The van der Waals surface area contributed by atoms with Crippen LogP contribution in [0.25, 0.3) is 17.0 Å². The van der Waals surface area contributed by atoms with Crippen LogP contribution in [0.5, 0.6) is 0 Å². The molecule has 0 fully saturated rings. The van der Waals surface area contributed by atoms with Gasteiger partial charge >= 0.3 is 5.97 Å². The molecule has 4 rings (SSSR count). The van der Waals surface area contributed by atoms with Crippen LogP contribution in [0.3, 0.4) is 0 Å². The van der Waals surface area contributed by atoms with Crippen molar-refractivity contribution in [2.75, 3.05) is 12.8 Å². The second kappa shape index (κ2) is 6.23. The molecule has 2 amide bonds. The van der Waals surface area contributed by atoms with E-state index >= 15 is 0 Å². The lowest BCUT2D eigenvalue weighted by molar-refractivity contribution is 0.0565. The van der Waals surface area contributed by atoms with E-state index in [-0.39, 0.29) is 22.7 Å². The Labute approximate surface area is 157 Å². The number of benzene rings is 1.